The topological polar surface area (TPSA) is 116 Å². The van der Waals surface area contributed by atoms with Gasteiger partial charge in [0.15, 0.2) is 0 Å². The summed E-state index contributed by atoms with van der Waals surface area (Å²) in [6.45, 7) is 3.61. The summed E-state index contributed by atoms with van der Waals surface area (Å²) in [5.41, 5.74) is 7.41. The fourth-order valence-electron chi connectivity index (χ4n) is 5.14. The van der Waals surface area contributed by atoms with Gasteiger partial charge in [0.25, 0.3) is 0 Å². The van der Waals surface area contributed by atoms with Crippen molar-refractivity contribution in [1.82, 2.24) is 15.1 Å². The molecule has 8 heteroatoms. The number of carbonyl (C=O) groups is 3. The fourth-order valence-corrected chi connectivity index (χ4v) is 5.14. The van der Waals surface area contributed by atoms with Crippen molar-refractivity contribution in [2.45, 2.75) is 56.8 Å². The lowest BCUT2D eigenvalue weighted by Crippen LogP contribution is -2.66. The van der Waals surface area contributed by atoms with Gasteiger partial charge in [-0.1, -0.05) is 78.9 Å². The summed E-state index contributed by atoms with van der Waals surface area (Å²) < 4.78 is 0. The van der Waals surface area contributed by atoms with E-state index in [0.29, 0.717) is 12.8 Å². The molecule has 1 heterocycles. The summed E-state index contributed by atoms with van der Waals surface area (Å²) >= 11 is 0. The normalized spacial score (nSPS) is 18.4. The molecule has 1 fully saturated rings. The minimum absolute atomic E-state index is 0.145. The summed E-state index contributed by atoms with van der Waals surface area (Å²) in [4.78, 5) is 43.9. The van der Waals surface area contributed by atoms with Crippen LogP contribution in [0.2, 0.25) is 0 Å². The van der Waals surface area contributed by atoms with E-state index in [2.05, 4.69) is 5.32 Å². The number of fused-ring (bicyclic) bond motifs is 1. The van der Waals surface area contributed by atoms with Gasteiger partial charge in [-0.3, -0.25) is 14.4 Å². The Labute approximate surface area is 241 Å². The van der Waals surface area contributed by atoms with E-state index in [1.165, 1.54) is 15.9 Å². The molecule has 0 radical (unpaired) electrons. The number of hydrogen-bond donors (Lipinski definition) is 3. The zero-order chi connectivity index (χ0) is 29.6. The Balaban J connectivity index is 1.68. The van der Waals surface area contributed by atoms with Crippen LogP contribution in [0.5, 0.6) is 0 Å². The van der Waals surface area contributed by atoms with Gasteiger partial charge in [0.2, 0.25) is 17.7 Å². The summed E-state index contributed by atoms with van der Waals surface area (Å²) in [7, 11) is 1.61. The van der Waals surface area contributed by atoms with Gasteiger partial charge in [0.05, 0.1) is 12.6 Å². The van der Waals surface area contributed by atoms with Gasteiger partial charge in [-0.2, -0.15) is 0 Å². The second-order valence-corrected chi connectivity index (χ2v) is 11.5. The smallest absolute Gasteiger partial charge is 0.246 e. The van der Waals surface area contributed by atoms with Gasteiger partial charge in [0, 0.05) is 32.0 Å². The Kier molecular flexibility index (Phi) is 9.57. The number of carbonyl (C=O) groups excluding carboxylic acids is 3. The number of benzene rings is 3. The molecule has 1 aliphatic heterocycles. The van der Waals surface area contributed by atoms with Crippen molar-refractivity contribution in [2.75, 3.05) is 20.2 Å². The first-order valence-electron chi connectivity index (χ1n) is 14.0. The first-order chi connectivity index (χ1) is 19.6. The number of rotatable bonds is 10. The molecule has 41 heavy (non-hydrogen) atoms. The molecule has 1 aliphatic rings. The SMILES string of the molecule is CN(C(=O)C=CCC(C)(C)N)[C@H](Cc1ccc2ccccc2c1)C(=O)N1C[C@H](CO)NC(=O)[C@H]1Cc1ccccc1. The van der Waals surface area contributed by atoms with Crippen LogP contribution in [0, 0.1) is 0 Å². The molecule has 0 saturated carbocycles. The Morgan fingerprint density at radius 2 is 1.76 bits per heavy atom. The minimum atomic E-state index is -0.872. The minimum Gasteiger partial charge on any atom is -0.394 e. The zero-order valence-corrected chi connectivity index (χ0v) is 24.0. The van der Waals surface area contributed by atoms with Crippen LogP contribution in [0.15, 0.2) is 84.9 Å². The second kappa shape index (κ2) is 13.1. The third-order valence-electron chi connectivity index (χ3n) is 7.47. The largest absolute Gasteiger partial charge is 0.394 e. The molecule has 0 aliphatic carbocycles. The molecule has 8 nitrogen and oxygen atoms in total. The highest BCUT2D eigenvalue weighted by Crippen LogP contribution is 2.22. The molecular weight excluding hydrogens is 516 g/mol. The monoisotopic (exact) mass is 556 g/mol. The number of amides is 3. The third kappa shape index (κ3) is 7.80. The van der Waals surface area contributed by atoms with Gasteiger partial charge >= 0.3 is 0 Å². The molecule has 4 N–H and O–H groups in total. The quantitative estimate of drug-likeness (QED) is 0.332. The highest BCUT2D eigenvalue weighted by molar-refractivity contribution is 5.96. The molecule has 0 unspecified atom stereocenters. The number of nitrogens with one attached hydrogen (secondary N) is 1. The van der Waals surface area contributed by atoms with E-state index in [0.717, 1.165) is 21.9 Å². The number of nitrogens with two attached hydrogens (primary N) is 1. The maximum absolute atomic E-state index is 14.4. The molecular formula is C33H40N4O4. The van der Waals surface area contributed by atoms with Crippen LogP contribution in [0.4, 0.5) is 0 Å². The number of nitrogens with zero attached hydrogens (tertiary/aromatic N) is 2. The van der Waals surface area contributed by atoms with Gasteiger partial charge in [0.1, 0.15) is 12.1 Å². The highest BCUT2D eigenvalue weighted by atomic mass is 16.3. The molecule has 0 aromatic heterocycles. The van der Waals surface area contributed by atoms with E-state index < -0.39 is 23.7 Å². The average Bonchev–Trinajstić information content (AvgIpc) is 2.95. The fraction of sp³-hybridized carbons (Fsp3) is 0.364. The van der Waals surface area contributed by atoms with Crippen molar-refractivity contribution in [2.24, 2.45) is 5.73 Å². The van der Waals surface area contributed by atoms with Crippen LogP contribution in [-0.2, 0) is 27.2 Å². The molecule has 0 spiro atoms. The van der Waals surface area contributed by atoms with Crippen molar-refractivity contribution < 1.29 is 19.5 Å². The van der Waals surface area contributed by atoms with Crippen molar-refractivity contribution >= 4 is 28.5 Å². The number of aliphatic hydroxyl groups is 1. The van der Waals surface area contributed by atoms with E-state index in [4.69, 9.17) is 5.73 Å². The van der Waals surface area contributed by atoms with Crippen LogP contribution in [-0.4, -0.2) is 76.5 Å². The Hall–Kier alpha value is -4.01. The zero-order valence-electron chi connectivity index (χ0n) is 24.0. The predicted molar refractivity (Wildman–Crippen MR) is 161 cm³/mol. The molecule has 3 atom stereocenters. The molecule has 1 saturated heterocycles. The lowest BCUT2D eigenvalue weighted by atomic mass is 9.96. The molecule has 3 aromatic rings. The Morgan fingerprint density at radius 1 is 1.07 bits per heavy atom. The van der Waals surface area contributed by atoms with Gasteiger partial charge < -0.3 is 26.0 Å². The average molecular weight is 557 g/mol. The summed E-state index contributed by atoms with van der Waals surface area (Å²) in [5, 5.41) is 14.8. The summed E-state index contributed by atoms with van der Waals surface area (Å²) in [6, 6.07) is 21.3. The van der Waals surface area contributed by atoms with Gasteiger partial charge in [-0.25, -0.2) is 0 Å². The van der Waals surface area contributed by atoms with Crippen molar-refractivity contribution in [3.05, 3.63) is 96.1 Å². The van der Waals surface area contributed by atoms with E-state index in [1.807, 2.05) is 86.6 Å². The standard InChI is InChI=1S/C33H40N4O4/c1-33(2,34)17-9-14-30(39)36(3)29(20-24-15-16-25-12-7-8-13-26(25)18-24)32(41)37-21-27(22-38)35-31(40)28(37)19-23-10-5-4-6-11-23/h4-16,18,27-29,38H,17,19-22,34H2,1-3H3,(H,35,40)/t27-,28-,29-/m1/s1. The van der Waals surface area contributed by atoms with Gasteiger partial charge in [-0.05, 0) is 48.2 Å². The first-order valence-corrected chi connectivity index (χ1v) is 14.0. The molecule has 4 rings (SSSR count). The molecule has 0 bridgehead atoms. The van der Waals surface area contributed by atoms with E-state index >= 15 is 0 Å². The van der Waals surface area contributed by atoms with Crippen molar-refractivity contribution in [1.29, 1.82) is 0 Å². The Bertz CT molecular complexity index is 1400. The predicted octanol–water partition coefficient (Wildman–Crippen LogP) is 2.82. The Morgan fingerprint density at radius 3 is 2.44 bits per heavy atom. The van der Waals surface area contributed by atoms with Crippen molar-refractivity contribution in [3.8, 4) is 0 Å². The summed E-state index contributed by atoms with van der Waals surface area (Å²) in [6.07, 6.45) is 4.27. The highest BCUT2D eigenvalue weighted by Gasteiger charge is 2.41. The van der Waals surface area contributed by atoms with E-state index in [-0.39, 0.29) is 37.3 Å². The summed E-state index contributed by atoms with van der Waals surface area (Å²) in [5.74, 6) is -0.986. The number of hydrogen-bond acceptors (Lipinski definition) is 5. The third-order valence-corrected chi connectivity index (χ3v) is 7.47. The lowest BCUT2D eigenvalue weighted by molar-refractivity contribution is -0.151. The van der Waals surface area contributed by atoms with Crippen LogP contribution >= 0.6 is 0 Å². The lowest BCUT2D eigenvalue weighted by Gasteiger charge is -2.42. The van der Waals surface area contributed by atoms with Crippen molar-refractivity contribution in [3.63, 3.8) is 0 Å². The molecule has 3 amide bonds. The van der Waals surface area contributed by atoms with Crippen LogP contribution in [0.25, 0.3) is 10.8 Å². The van der Waals surface area contributed by atoms with Gasteiger partial charge in [-0.15, -0.1) is 0 Å². The maximum atomic E-state index is 14.4. The maximum Gasteiger partial charge on any atom is 0.246 e. The molecule has 216 valence electrons. The first kappa shape index (κ1) is 30.0. The van der Waals surface area contributed by atoms with Crippen LogP contribution in [0.3, 0.4) is 0 Å². The number of piperazine rings is 1. The number of aliphatic hydroxyl groups excluding tert-OH is 1. The number of likely N-dealkylation sites (N-methyl/N-ethyl adjacent to an activating group) is 1. The van der Waals surface area contributed by atoms with E-state index in [1.54, 1.807) is 13.1 Å². The van der Waals surface area contributed by atoms with Crippen LogP contribution in [0.1, 0.15) is 31.4 Å². The second-order valence-electron chi connectivity index (χ2n) is 11.5. The molecule has 3 aromatic carbocycles. The van der Waals surface area contributed by atoms with E-state index in [9.17, 15) is 19.5 Å². The van der Waals surface area contributed by atoms with Crippen LogP contribution < -0.4 is 11.1 Å².